The Hall–Kier alpha value is -1.27. The quantitative estimate of drug-likeness (QED) is 0.639. The first kappa shape index (κ1) is 8.33. The maximum Gasteiger partial charge on any atom is 0.149 e. The topological polar surface area (TPSA) is 39.9 Å². The lowest BCUT2D eigenvalue weighted by Gasteiger charge is -2.31. The Balaban J connectivity index is 2.30. The van der Waals surface area contributed by atoms with E-state index in [0.29, 0.717) is 10.7 Å². The van der Waals surface area contributed by atoms with Crippen LogP contribution in [0.2, 0.25) is 5.15 Å². The van der Waals surface area contributed by atoms with E-state index in [1.807, 2.05) is 12.1 Å². The first-order valence-corrected chi connectivity index (χ1v) is 4.50. The minimum absolute atomic E-state index is 0.298. The molecule has 2 heterocycles. The molecule has 13 heavy (non-hydrogen) atoms. The summed E-state index contributed by atoms with van der Waals surface area (Å²) in [7, 11) is 0. The highest BCUT2D eigenvalue weighted by Gasteiger charge is 2.16. The molecule has 0 radical (unpaired) electrons. The van der Waals surface area contributed by atoms with Crippen molar-refractivity contribution in [3.63, 3.8) is 0 Å². The smallest absolute Gasteiger partial charge is 0.149 e. The minimum atomic E-state index is 0.298. The van der Waals surface area contributed by atoms with Gasteiger partial charge in [-0.1, -0.05) is 11.6 Å². The molecule has 0 N–H and O–H groups in total. The first-order chi connectivity index (χ1) is 6.31. The summed E-state index contributed by atoms with van der Waals surface area (Å²) in [6.45, 7) is 2.07. The minimum Gasteiger partial charge on any atom is -0.356 e. The molecule has 1 aliphatic rings. The maximum absolute atomic E-state index is 8.63. The SMILES string of the molecule is N#Cc1ccc(N2CCC2)nc1Cl. The van der Waals surface area contributed by atoms with Crippen LogP contribution in [0.3, 0.4) is 0 Å². The van der Waals surface area contributed by atoms with Gasteiger partial charge in [-0.3, -0.25) is 0 Å². The maximum atomic E-state index is 8.63. The predicted octanol–water partition coefficient (Wildman–Crippen LogP) is 1.82. The summed E-state index contributed by atoms with van der Waals surface area (Å²) in [4.78, 5) is 6.27. The summed E-state index contributed by atoms with van der Waals surface area (Å²) in [5.41, 5.74) is 0.436. The molecule has 1 fully saturated rings. The molecule has 1 aromatic heterocycles. The molecule has 0 atom stereocenters. The Labute approximate surface area is 81.6 Å². The molecule has 0 aliphatic carbocycles. The lowest BCUT2D eigenvalue weighted by atomic mass is 10.2. The van der Waals surface area contributed by atoms with Crippen LogP contribution in [-0.4, -0.2) is 18.1 Å². The van der Waals surface area contributed by atoms with E-state index >= 15 is 0 Å². The molecule has 0 aromatic carbocycles. The Morgan fingerprint density at radius 2 is 2.23 bits per heavy atom. The molecular weight excluding hydrogens is 186 g/mol. The van der Waals surface area contributed by atoms with Gasteiger partial charge in [0.25, 0.3) is 0 Å². The number of anilines is 1. The van der Waals surface area contributed by atoms with Gasteiger partial charge in [-0.05, 0) is 18.6 Å². The normalized spacial score (nSPS) is 14.9. The number of nitriles is 1. The monoisotopic (exact) mass is 193 g/mol. The van der Waals surface area contributed by atoms with E-state index < -0.39 is 0 Å². The highest BCUT2D eigenvalue weighted by molar-refractivity contribution is 6.30. The molecule has 1 aliphatic heterocycles. The first-order valence-electron chi connectivity index (χ1n) is 4.13. The molecule has 1 aromatic rings. The van der Waals surface area contributed by atoms with Gasteiger partial charge in [-0.2, -0.15) is 5.26 Å². The molecule has 0 unspecified atom stereocenters. The van der Waals surface area contributed by atoms with Crippen molar-refractivity contribution in [2.45, 2.75) is 6.42 Å². The second-order valence-electron chi connectivity index (χ2n) is 2.96. The fourth-order valence-electron chi connectivity index (χ4n) is 1.23. The molecule has 0 bridgehead atoms. The highest BCUT2D eigenvalue weighted by Crippen LogP contribution is 2.21. The van der Waals surface area contributed by atoms with E-state index in [0.717, 1.165) is 18.9 Å². The fourth-order valence-corrected chi connectivity index (χ4v) is 1.42. The molecular formula is C9H8ClN3. The lowest BCUT2D eigenvalue weighted by molar-refractivity contribution is 0.610. The van der Waals surface area contributed by atoms with Crippen LogP contribution in [0.1, 0.15) is 12.0 Å². The summed E-state index contributed by atoms with van der Waals surface area (Å²) in [5, 5.41) is 8.93. The van der Waals surface area contributed by atoms with E-state index in [1.54, 1.807) is 6.07 Å². The standard InChI is InChI=1S/C9H8ClN3/c10-9-7(6-11)2-3-8(12-9)13-4-1-5-13/h2-3H,1,4-5H2. The zero-order chi connectivity index (χ0) is 9.26. The Morgan fingerprint density at radius 1 is 1.46 bits per heavy atom. The van der Waals surface area contributed by atoms with E-state index in [4.69, 9.17) is 16.9 Å². The van der Waals surface area contributed by atoms with Gasteiger partial charge >= 0.3 is 0 Å². The van der Waals surface area contributed by atoms with Crippen molar-refractivity contribution in [3.8, 4) is 6.07 Å². The van der Waals surface area contributed by atoms with Gasteiger partial charge in [0.2, 0.25) is 0 Å². The number of hydrogen-bond acceptors (Lipinski definition) is 3. The van der Waals surface area contributed by atoms with Gasteiger partial charge in [0, 0.05) is 13.1 Å². The number of nitrogens with zero attached hydrogens (tertiary/aromatic N) is 3. The Morgan fingerprint density at radius 3 is 2.69 bits per heavy atom. The second-order valence-corrected chi connectivity index (χ2v) is 3.32. The third kappa shape index (κ3) is 1.45. The van der Waals surface area contributed by atoms with Crippen LogP contribution < -0.4 is 4.90 Å². The van der Waals surface area contributed by atoms with Crippen LogP contribution in [0.15, 0.2) is 12.1 Å². The number of aromatic nitrogens is 1. The second kappa shape index (κ2) is 3.23. The van der Waals surface area contributed by atoms with E-state index in [1.165, 1.54) is 6.42 Å². The van der Waals surface area contributed by atoms with Crippen LogP contribution in [0.25, 0.3) is 0 Å². The molecule has 4 heteroatoms. The summed E-state index contributed by atoms with van der Waals surface area (Å²) in [6, 6.07) is 5.53. The largest absolute Gasteiger partial charge is 0.356 e. The van der Waals surface area contributed by atoms with Gasteiger partial charge in [0.1, 0.15) is 17.0 Å². The Kier molecular flexibility index (Phi) is 2.07. The molecule has 0 spiro atoms. The molecule has 0 amide bonds. The summed E-state index contributed by atoms with van der Waals surface area (Å²) < 4.78 is 0. The number of halogens is 1. The van der Waals surface area contributed by atoms with Crippen molar-refractivity contribution < 1.29 is 0 Å². The van der Waals surface area contributed by atoms with Crippen LogP contribution >= 0.6 is 11.6 Å². The number of hydrogen-bond donors (Lipinski definition) is 0. The fraction of sp³-hybridized carbons (Fsp3) is 0.333. The van der Waals surface area contributed by atoms with Crippen molar-refractivity contribution in [1.82, 2.24) is 4.98 Å². The molecule has 66 valence electrons. The summed E-state index contributed by atoms with van der Waals surface area (Å²) in [6.07, 6.45) is 1.21. The van der Waals surface area contributed by atoms with Crippen molar-refractivity contribution in [1.29, 1.82) is 5.26 Å². The van der Waals surface area contributed by atoms with Gasteiger partial charge in [-0.15, -0.1) is 0 Å². The molecule has 0 saturated carbocycles. The van der Waals surface area contributed by atoms with Gasteiger partial charge < -0.3 is 4.90 Å². The number of rotatable bonds is 1. The van der Waals surface area contributed by atoms with Gasteiger partial charge in [0.05, 0.1) is 5.56 Å². The molecule has 3 nitrogen and oxygen atoms in total. The third-order valence-electron chi connectivity index (χ3n) is 2.13. The molecule has 1 saturated heterocycles. The Bertz CT molecular complexity index is 366. The van der Waals surface area contributed by atoms with Crippen LogP contribution in [0.5, 0.6) is 0 Å². The van der Waals surface area contributed by atoms with Crippen molar-refractivity contribution in [2.24, 2.45) is 0 Å². The number of pyridine rings is 1. The average molecular weight is 194 g/mol. The average Bonchev–Trinajstić information content (AvgIpc) is 2.01. The van der Waals surface area contributed by atoms with E-state index in [2.05, 4.69) is 9.88 Å². The van der Waals surface area contributed by atoms with Crippen LogP contribution in [-0.2, 0) is 0 Å². The summed E-state index contributed by atoms with van der Waals surface area (Å²) in [5.74, 6) is 0.871. The van der Waals surface area contributed by atoms with Crippen LogP contribution in [0.4, 0.5) is 5.82 Å². The zero-order valence-electron chi connectivity index (χ0n) is 7.00. The van der Waals surface area contributed by atoms with Crippen molar-refractivity contribution in [3.05, 3.63) is 22.8 Å². The highest BCUT2D eigenvalue weighted by atomic mass is 35.5. The zero-order valence-corrected chi connectivity index (χ0v) is 7.75. The van der Waals surface area contributed by atoms with Gasteiger partial charge in [-0.25, -0.2) is 4.98 Å². The van der Waals surface area contributed by atoms with Crippen molar-refractivity contribution >= 4 is 17.4 Å². The predicted molar refractivity (Wildman–Crippen MR) is 50.8 cm³/mol. The van der Waals surface area contributed by atoms with Crippen molar-refractivity contribution in [2.75, 3.05) is 18.0 Å². The van der Waals surface area contributed by atoms with E-state index in [9.17, 15) is 0 Å². The lowest BCUT2D eigenvalue weighted by Crippen LogP contribution is -2.37. The third-order valence-corrected chi connectivity index (χ3v) is 2.42. The summed E-state index contributed by atoms with van der Waals surface area (Å²) >= 11 is 5.79. The molecule has 2 rings (SSSR count). The van der Waals surface area contributed by atoms with E-state index in [-0.39, 0.29) is 0 Å². The van der Waals surface area contributed by atoms with Gasteiger partial charge in [0.15, 0.2) is 0 Å². The van der Waals surface area contributed by atoms with Crippen LogP contribution in [0, 0.1) is 11.3 Å².